The summed E-state index contributed by atoms with van der Waals surface area (Å²) in [4.78, 5) is 0. The van der Waals surface area contributed by atoms with Gasteiger partial charge in [0.25, 0.3) is 0 Å². The van der Waals surface area contributed by atoms with Crippen LogP contribution in [0.5, 0.6) is 0 Å². The molecule has 10 aromatic carbocycles. The zero-order chi connectivity index (χ0) is 36.7. The Morgan fingerprint density at radius 1 is 0.232 bits per heavy atom. The van der Waals surface area contributed by atoms with Crippen LogP contribution in [0.4, 0.5) is 0 Å². The van der Waals surface area contributed by atoms with Crippen molar-refractivity contribution in [3.63, 3.8) is 0 Å². The number of benzene rings is 10. The van der Waals surface area contributed by atoms with Crippen molar-refractivity contribution in [2.75, 3.05) is 0 Å². The SMILES string of the molecule is c1ccc(-c2ccc3cc(-c4c5cccc(-c6ccc7oc8ccccc8c7c6)c5cc5c(-c6ccc7oc8ccccc8c7c6)cccc45)ccc3c2)cc1. The molecule has 260 valence electrons. The van der Waals surface area contributed by atoms with Crippen molar-refractivity contribution in [1.29, 1.82) is 0 Å². The van der Waals surface area contributed by atoms with Gasteiger partial charge in [0, 0.05) is 21.5 Å². The molecule has 0 bridgehead atoms. The van der Waals surface area contributed by atoms with Gasteiger partial charge in [-0.2, -0.15) is 0 Å². The van der Waals surface area contributed by atoms with Gasteiger partial charge in [0.2, 0.25) is 0 Å². The number of para-hydroxylation sites is 2. The van der Waals surface area contributed by atoms with Crippen molar-refractivity contribution in [1.82, 2.24) is 0 Å². The summed E-state index contributed by atoms with van der Waals surface area (Å²) in [6, 6.07) is 70.2. The maximum absolute atomic E-state index is 6.24. The second kappa shape index (κ2) is 12.0. The van der Waals surface area contributed by atoms with Crippen LogP contribution in [0.1, 0.15) is 0 Å². The third-order valence-electron chi connectivity index (χ3n) is 11.7. The van der Waals surface area contributed by atoms with Gasteiger partial charge < -0.3 is 8.83 Å². The predicted octanol–water partition coefficient (Wildman–Crippen LogP) is 15.6. The Balaban J connectivity index is 1.13. The molecular weight excluding hydrogens is 681 g/mol. The highest BCUT2D eigenvalue weighted by Gasteiger charge is 2.18. The molecule has 2 heterocycles. The van der Waals surface area contributed by atoms with Crippen molar-refractivity contribution in [3.05, 3.63) is 194 Å². The van der Waals surface area contributed by atoms with E-state index in [1.165, 1.54) is 65.7 Å². The molecule has 56 heavy (non-hydrogen) atoms. The van der Waals surface area contributed by atoms with Crippen LogP contribution >= 0.6 is 0 Å². The smallest absolute Gasteiger partial charge is 0.135 e. The van der Waals surface area contributed by atoms with E-state index in [0.717, 1.165) is 55.0 Å². The van der Waals surface area contributed by atoms with E-state index in [0.29, 0.717) is 0 Å². The molecule has 0 N–H and O–H groups in total. The van der Waals surface area contributed by atoms with E-state index in [2.05, 4.69) is 170 Å². The van der Waals surface area contributed by atoms with Crippen molar-refractivity contribution in [2.24, 2.45) is 0 Å². The molecule has 2 heteroatoms. The predicted molar refractivity (Wildman–Crippen MR) is 235 cm³/mol. The molecule has 0 amide bonds. The standard InChI is InChI=1S/C54H32O2/c1-2-10-33(11-3-1)34-20-21-36-29-39(23-22-35(36)28-34)54-44-16-8-14-40(37-24-26-52-48(30-37)42-12-4-6-18-50(42)55-52)46(44)32-47-41(15-9-17-45(47)54)38-25-27-53-49(31-38)43-13-5-7-19-51(43)56-53/h1-32H. The van der Waals surface area contributed by atoms with Gasteiger partial charge in [-0.1, -0.05) is 140 Å². The number of hydrogen-bond acceptors (Lipinski definition) is 2. The lowest BCUT2D eigenvalue weighted by Gasteiger charge is -2.18. The van der Waals surface area contributed by atoms with E-state index >= 15 is 0 Å². The first-order valence-electron chi connectivity index (χ1n) is 19.1. The number of fused-ring (bicyclic) bond motifs is 9. The monoisotopic (exact) mass is 712 g/mol. The molecule has 2 nitrogen and oxygen atoms in total. The number of hydrogen-bond donors (Lipinski definition) is 0. The van der Waals surface area contributed by atoms with Gasteiger partial charge in [-0.3, -0.25) is 0 Å². The molecule has 0 saturated heterocycles. The highest BCUT2D eigenvalue weighted by atomic mass is 16.3. The normalized spacial score (nSPS) is 11.9. The van der Waals surface area contributed by atoms with Crippen LogP contribution < -0.4 is 0 Å². The van der Waals surface area contributed by atoms with Crippen LogP contribution in [0.15, 0.2) is 203 Å². The van der Waals surface area contributed by atoms with Gasteiger partial charge in [0.15, 0.2) is 0 Å². The minimum Gasteiger partial charge on any atom is -0.456 e. The highest BCUT2D eigenvalue weighted by Crippen LogP contribution is 2.45. The fraction of sp³-hybridized carbons (Fsp3) is 0. The molecule has 0 spiro atoms. The molecule has 2 aromatic heterocycles. The van der Waals surface area contributed by atoms with Crippen LogP contribution in [0.25, 0.3) is 121 Å². The first-order valence-corrected chi connectivity index (χ1v) is 19.1. The zero-order valence-corrected chi connectivity index (χ0v) is 30.3. The Kier molecular flexibility index (Phi) is 6.66. The first-order chi connectivity index (χ1) is 27.7. The van der Waals surface area contributed by atoms with Crippen LogP contribution in [0, 0.1) is 0 Å². The van der Waals surface area contributed by atoms with Crippen LogP contribution in [-0.2, 0) is 0 Å². The summed E-state index contributed by atoms with van der Waals surface area (Å²) < 4.78 is 12.5. The first kappa shape index (κ1) is 31.0. The minimum atomic E-state index is 0.900. The van der Waals surface area contributed by atoms with E-state index in [4.69, 9.17) is 8.83 Å². The van der Waals surface area contributed by atoms with E-state index in [9.17, 15) is 0 Å². The molecule has 12 rings (SSSR count). The molecule has 0 saturated carbocycles. The van der Waals surface area contributed by atoms with Gasteiger partial charge in [-0.05, 0) is 131 Å². The van der Waals surface area contributed by atoms with Crippen molar-refractivity contribution in [2.45, 2.75) is 0 Å². The average molecular weight is 713 g/mol. The molecule has 0 atom stereocenters. The molecule has 12 aromatic rings. The van der Waals surface area contributed by atoms with Crippen molar-refractivity contribution < 1.29 is 8.83 Å². The van der Waals surface area contributed by atoms with E-state index < -0.39 is 0 Å². The second-order valence-corrected chi connectivity index (χ2v) is 14.8. The lowest BCUT2D eigenvalue weighted by atomic mass is 9.85. The van der Waals surface area contributed by atoms with Gasteiger partial charge in [-0.25, -0.2) is 0 Å². The topological polar surface area (TPSA) is 26.3 Å². The van der Waals surface area contributed by atoms with E-state index in [1.54, 1.807) is 0 Å². The minimum absolute atomic E-state index is 0.900. The van der Waals surface area contributed by atoms with E-state index in [-0.39, 0.29) is 0 Å². The summed E-state index contributed by atoms with van der Waals surface area (Å²) in [5, 5.41) is 11.8. The highest BCUT2D eigenvalue weighted by molar-refractivity contribution is 6.20. The summed E-state index contributed by atoms with van der Waals surface area (Å²) in [7, 11) is 0. The largest absolute Gasteiger partial charge is 0.456 e. The quantitative estimate of drug-likeness (QED) is 0.170. The van der Waals surface area contributed by atoms with Gasteiger partial charge in [0.1, 0.15) is 22.3 Å². The molecule has 0 radical (unpaired) electrons. The fourth-order valence-electron chi connectivity index (χ4n) is 8.98. The maximum atomic E-state index is 6.24. The summed E-state index contributed by atoms with van der Waals surface area (Å²) in [6.07, 6.45) is 0. The Morgan fingerprint density at radius 2 is 0.696 bits per heavy atom. The number of rotatable bonds is 4. The Labute approximate surface area is 322 Å². The molecule has 0 aliphatic carbocycles. The Morgan fingerprint density at radius 3 is 1.29 bits per heavy atom. The van der Waals surface area contributed by atoms with Gasteiger partial charge in [0.05, 0.1) is 0 Å². The Hall–Kier alpha value is -7.42. The van der Waals surface area contributed by atoms with Gasteiger partial charge in [-0.15, -0.1) is 0 Å². The van der Waals surface area contributed by atoms with Crippen molar-refractivity contribution >= 4 is 76.2 Å². The average Bonchev–Trinajstić information content (AvgIpc) is 3.83. The van der Waals surface area contributed by atoms with Crippen LogP contribution in [-0.4, -0.2) is 0 Å². The summed E-state index contributed by atoms with van der Waals surface area (Å²) in [6.45, 7) is 0. The third-order valence-corrected chi connectivity index (χ3v) is 11.7. The van der Waals surface area contributed by atoms with E-state index in [1.807, 2.05) is 24.3 Å². The zero-order valence-electron chi connectivity index (χ0n) is 30.3. The fourth-order valence-corrected chi connectivity index (χ4v) is 8.98. The maximum Gasteiger partial charge on any atom is 0.135 e. The molecule has 0 aliphatic heterocycles. The van der Waals surface area contributed by atoms with Gasteiger partial charge >= 0.3 is 0 Å². The summed E-state index contributed by atoms with van der Waals surface area (Å²) in [5.74, 6) is 0. The molecule has 0 aliphatic rings. The molecular formula is C54H32O2. The van der Waals surface area contributed by atoms with Crippen LogP contribution in [0.2, 0.25) is 0 Å². The third kappa shape index (κ3) is 4.76. The lowest BCUT2D eigenvalue weighted by molar-refractivity contribution is 0.668. The summed E-state index contributed by atoms with van der Waals surface area (Å²) >= 11 is 0. The summed E-state index contributed by atoms with van der Waals surface area (Å²) in [5.41, 5.74) is 13.2. The van der Waals surface area contributed by atoms with Crippen LogP contribution in [0.3, 0.4) is 0 Å². The van der Waals surface area contributed by atoms with Crippen molar-refractivity contribution in [3.8, 4) is 44.5 Å². The molecule has 0 fully saturated rings. The number of furan rings is 2. The Bertz CT molecular complexity index is 3360. The second-order valence-electron chi connectivity index (χ2n) is 14.8. The molecule has 0 unspecified atom stereocenters. The lowest BCUT2D eigenvalue weighted by Crippen LogP contribution is -1.91.